The van der Waals surface area contributed by atoms with Crippen molar-refractivity contribution in [1.29, 1.82) is 0 Å². The standard InChI is InChI=1S/C19H18N2O4/c1-20-16(12-8-10-14(24-2)11-9-12)15-17(25-20)19(23)21(18(15)22)13-6-4-3-5-7-13/h3-11,15-17H,1-2H3/t15-,16-,17+/m0/s1. The van der Waals surface area contributed by atoms with Crippen molar-refractivity contribution in [3.05, 3.63) is 60.2 Å². The predicted molar refractivity (Wildman–Crippen MR) is 90.8 cm³/mol. The highest BCUT2D eigenvalue weighted by molar-refractivity contribution is 6.23. The molecule has 0 radical (unpaired) electrons. The molecule has 2 aliphatic heterocycles. The monoisotopic (exact) mass is 338 g/mol. The minimum absolute atomic E-state index is 0.230. The van der Waals surface area contributed by atoms with Crippen LogP contribution in [-0.4, -0.2) is 37.1 Å². The van der Waals surface area contributed by atoms with Gasteiger partial charge in [0.15, 0.2) is 6.10 Å². The highest BCUT2D eigenvalue weighted by atomic mass is 16.7. The third-order valence-corrected chi connectivity index (χ3v) is 4.78. The van der Waals surface area contributed by atoms with Crippen LogP contribution in [0.15, 0.2) is 54.6 Å². The molecule has 0 spiro atoms. The number of benzene rings is 2. The fourth-order valence-electron chi connectivity index (χ4n) is 3.60. The number of fused-ring (bicyclic) bond motifs is 1. The molecule has 3 atom stereocenters. The summed E-state index contributed by atoms with van der Waals surface area (Å²) in [5, 5.41) is 1.61. The maximum Gasteiger partial charge on any atom is 0.265 e. The molecule has 0 aliphatic carbocycles. The molecule has 2 aromatic carbocycles. The Hall–Kier alpha value is -2.70. The van der Waals surface area contributed by atoms with E-state index < -0.39 is 12.0 Å². The smallest absolute Gasteiger partial charge is 0.265 e. The van der Waals surface area contributed by atoms with Crippen molar-refractivity contribution in [1.82, 2.24) is 5.06 Å². The molecule has 2 aromatic rings. The molecule has 4 rings (SSSR count). The lowest BCUT2D eigenvalue weighted by molar-refractivity contribution is -0.160. The third-order valence-electron chi connectivity index (χ3n) is 4.78. The van der Waals surface area contributed by atoms with Crippen LogP contribution in [0.3, 0.4) is 0 Å². The molecule has 2 aliphatic rings. The highest BCUT2D eigenvalue weighted by Crippen LogP contribution is 2.44. The van der Waals surface area contributed by atoms with Crippen LogP contribution < -0.4 is 9.64 Å². The Bertz CT molecular complexity index is 806. The van der Waals surface area contributed by atoms with Crippen molar-refractivity contribution in [3.8, 4) is 5.75 Å². The summed E-state index contributed by atoms with van der Waals surface area (Å²) in [7, 11) is 3.35. The van der Waals surface area contributed by atoms with Crippen molar-refractivity contribution >= 4 is 17.5 Å². The van der Waals surface area contributed by atoms with Gasteiger partial charge in [0, 0.05) is 7.05 Å². The van der Waals surface area contributed by atoms with E-state index in [1.165, 1.54) is 4.90 Å². The van der Waals surface area contributed by atoms with Crippen molar-refractivity contribution in [2.24, 2.45) is 5.92 Å². The Morgan fingerprint density at radius 2 is 1.64 bits per heavy atom. The third kappa shape index (κ3) is 2.42. The van der Waals surface area contributed by atoms with Crippen molar-refractivity contribution < 1.29 is 19.2 Å². The van der Waals surface area contributed by atoms with E-state index in [0.717, 1.165) is 11.3 Å². The average molecular weight is 338 g/mol. The van der Waals surface area contributed by atoms with Crippen LogP contribution in [0, 0.1) is 5.92 Å². The number of methoxy groups -OCH3 is 1. The number of nitrogens with zero attached hydrogens (tertiary/aromatic N) is 2. The second-order valence-electron chi connectivity index (χ2n) is 6.16. The Morgan fingerprint density at radius 3 is 2.28 bits per heavy atom. The SMILES string of the molecule is COc1ccc([C@H]2[C@@H]3C(=O)N(c4ccccc4)C(=O)[C@@H]3ON2C)cc1. The first-order chi connectivity index (χ1) is 12.1. The molecule has 0 unspecified atom stereocenters. The van der Waals surface area contributed by atoms with Crippen LogP contribution in [0.1, 0.15) is 11.6 Å². The molecule has 2 amide bonds. The summed E-state index contributed by atoms with van der Waals surface area (Å²) >= 11 is 0. The van der Waals surface area contributed by atoms with E-state index in [0.29, 0.717) is 5.69 Å². The summed E-state index contributed by atoms with van der Waals surface area (Å²) in [5.41, 5.74) is 1.48. The van der Waals surface area contributed by atoms with Gasteiger partial charge in [0.05, 0.1) is 24.8 Å². The van der Waals surface area contributed by atoms with E-state index in [2.05, 4.69) is 0 Å². The maximum atomic E-state index is 13.0. The molecular weight excluding hydrogens is 320 g/mol. The van der Waals surface area contributed by atoms with Gasteiger partial charge in [-0.3, -0.25) is 14.4 Å². The minimum Gasteiger partial charge on any atom is -0.497 e. The zero-order chi connectivity index (χ0) is 17.6. The molecular formula is C19H18N2O4. The van der Waals surface area contributed by atoms with Gasteiger partial charge in [0.2, 0.25) is 5.91 Å². The van der Waals surface area contributed by atoms with Crippen LogP contribution in [0.25, 0.3) is 0 Å². The van der Waals surface area contributed by atoms with Crippen molar-refractivity contribution in [3.63, 3.8) is 0 Å². The van der Waals surface area contributed by atoms with E-state index in [-0.39, 0.29) is 17.9 Å². The number of anilines is 1. The Balaban J connectivity index is 1.69. The van der Waals surface area contributed by atoms with Gasteiger partial charge in [-0.15, -0.1) is 0 Å². The van der Waals surface area contributed by atoms with Gasteiger partial charge in [-0.05, 0) is 29.8 Å². The molecule has 0 saturated carbocycles. The topological polar surface area (TPSA) is 59.1 Å². The van der Waals surface area contributed by atoms with E-state index in [9.17, 15) is 9.59 Å². The molecule has 25 heavy (non-hydrogen) atoms. The fourth-order valence-corrected chi connectivity index (χ4v) is 3.60. The summed E-state index contributed by atoms with van der Waals surface area (Å²) in [6.45, 7) is 0. The Kier molecular flexibility index (Phi) is 3.78. The number of ether oxygens (including phenoxy) is 1. The first kappa shape index (κ1) is 15.8. The zero-order valence-corrected chi connectivity index (χ0v) is 14.0. The summed E-state index contributed by atoms with van der Waals surface area (Å²) < 4.78 is 5.18. The van der Waals surface area contributed by atoms with E-state index in [1.54, 1.807) is 43.5 Å². The maximum absolute atomic E-state index is 13.0. The van der Waals surface area contributed by atoms with Gasteiger partial charge in [-0.2, -0.15) is 5.06 Å². The number of rotatable bonds is 3. The summed E-state index contributed by atoms with van der Waals surface area (Å²) in [6.07, 6.45) is -0.787. The Morgan fingerprint density at radius 1 is 0.960 bits per heavy atom. The van der Waals surface area contributed by atoms with Gasteiger partial charge >= 0.3 is 0 Å². The molecule has 2 fully saturated rings. The molecule has 128 valence electrons. The van der Waals surface area contributed by atoms with Crippen LogP contribution in [0.5, 0.6) is 5.75 Å². The number of amides is 2. The average Bonchev–Trinajstić information content (AvgIpc) is 3.10. The minimum atomic E-state index is -0.787. The van der Waals surface area contributed by atoms with Crippen LogP contribution in [-0.2, 0) is 14.4 Å². The van der Waals surface area contributed by atoms with Gasteiger partial charge in [-0.25, -0.2) is 4.90 Å². The van der Waals surface area contributed by atoms with E-state index in [1.807, 2.05) is 30.3 Å². The number of imide groups is 1. The lowest BCUT2D eigenvalue weighted by atomic mass is 9.91. The van der Waals surface area contributed by atoms with Gasteiger partial charge in [0.25, 0.3) is 5.91 Å². The van der Waals surface area contributed by atoms with Gasteiger partial charge < -0.3 is 4.74 Å². The normalized spacial score (nSPS) is 26.2. The molecule has 0 N–H and O–H groups in total. The lowest BCUT2D eigenvalue weighted by Gasteiger charge is -2.24. The summed E-state index contributed by atoms with van der Waals surface area (Å²) in [5.74, 6) is -0.372. The number of hydrogen-bond donors (Lipinski definition) is 0. The zero-order valence-electron chi connectivity index (χ0n) is 14.0. The predicted octanol–water partition coefficient (Wildman–Crippen LogP) is 2.17. The number of para-hydroxylation sites is 1. The van der Waals surface area contributed by atoms with Crippen molar-refractivity contribution in [2.75, 3.05) is 19.1 Å². The van der Waals surface area contributed by atoms with Gasteiger partial charge in [0.1, 0.15) is 5.75 Å². The van der Waals surface area contributed by atoms with E-state index >= 15 is 0 Å². The molecule has 2 heterocycles. The largest absolute Gasteiger partial charge is 0.497 e. The highest BCUT2D eigenvalue weighted by Gasteiger charge is 2.59. The number of hydroxylamine groups is 2. The summed E-state index contributed by atoms with van der Waals surface area (Å²) in [6, 6.07) is 16.1. The number of carbonyl (C=O) groups is 2. The fraction of sp³-hybridized carbons (Fsp3) is 0.263. The second kappa shape index (κ2) is 5.98. The molecule has 0 bridgehead atoms. The van der Waals surface area contributed by atoms with Crippen LogP contribution >= 0.6 is 0 Å². The molecule has 0 aromatic heterocycles. The number of hydrogen-bond acceptors (Lipinski definition) is 5. The van der Waals surface area contributed by atoms with Crippen LogP contribution in [0.2, 0.25) is 0 Å². The summed E-state index contributed by atoms with van der Waals surface area (Å²) in [4.78, 5) is 32.7. The second-order valence-corrected chi connectivity index (χ2v) is 6.16. The molecule has 2 saturated heterocycles. The first-order valence-corrected chi connectivity index (χ1v) is 8.08. The molecule has 6 heteroatoms. The van der Waals surface area contributed by atoms with Gasteiger partial charge in [-0.1, -0.05) is 30.3 Å². The lowest BCUT2D eigenvalue weighted by Crippen LogP contribution is -2.36. The van der Waals surface area contributed by atoms with Crippen LogP contribution in [0.4, 0.5) is 5.69 Å². The molecule has 6 nitrogen and oxygen atoms in total. The van der Waals surface area contributed by atoms with E-state index in [4.69, 9.17) is 9.57 Å². The number of carbonyl (C=O) groups excluding carboxylic acids is 2. The first-order valence-electron chi connectivity index (χ1n) is 8.08. The quantitative estimate of drug-likeness (QED) is 0.803. The Labute approximate surface area is 145 Å². The van der Waals surface area contributed by atoms with Crippen molar-refractivity contribution in [2.45, 2.75) is 12.1 Å².